The van der Waals surface area contributed by atoms with Crippen molar-refractivity contribution in [1.82, 2.24) is 14.9 Å². The lowest BCUT2D eigenvalue weighted by molar-refractivity contribution is 0.249. The Morgan fingerprint density at radius 1 is 1.17 bits per heavy atom. The zero-order valence-corrected chi connectivity index (χ0v) is 16.8. The molecule has 2 aliphatic heterocycles. The number of rotatable bonds is 3. The third-order valence-electron chi connectivity index (χ3n) is 6.07. The fraction of sp³-hybridized carbons (Fsp3) is 0.348. The normalized spacial score (nSPS) is 16.7. The van der Waals surface area contributed by atoms with Crippen molar-refractivity contribution in [3.05, 3.63) is 63.6 Å². The van der Waals surface area contributed by atoms with E-state index in [1.165, 1.54) is 5.56 Å². The summed E-state index contributed by atoms with van der Waals surface area (Å²) in [7, 11) is 0. The van der Waals surface area contributed by atoms with E-state index in [0.717, 1.165) is 80.1 Å². The number of nitriles is 1. The smallest absolute Gasteiger partial charge is 0.253 e. The molecule has 0 unspecified atom stereocenters. The second kappa shape index (κ2) is 7.81. The lowest BCUT2D eigenvalue weighted by Gasteiger charge is -2.35. The largest absolute Gasteiger partial charge is 0.384 e. The molecule has 2 N–H and O–H groups in total. The summed E-state index contributed by atoms with van der Waals surface area (Å²) in [5.41, 5.74) is 4.63. The summed E-state index contributed by atoms with van der Waals surface area (Å²) in [6.45, 7) is 5.25. The molecule has 1 aromatic carbocycles. The summed E-state index contributed by atoms with van der Waals surface area (Å²) in [5, 5.41) is 13.8. The summed E-state index contributed by atoms with van der Waals surface area (Å²) >= 11 is 0. The highest BCUT2D eigenvalue weighted by Crippen LogP contribution is 2.28. The maximum atomic E-state index is 12.5. The van der Waals surface area contributed by atoms with Crippen LogP contribution in [0.5, 0.6) is 0 Å². The van der Waals surface area contributed by atoms with Crippen molar-refractivity contribution < 1.29 is 0 Å². The number of nitrogens with zero attached hydrogens (tertiary/aromatic N) is 4. The minimum atomic E-state index is 0.0270. The van der Waals surface area contributed by atoms with Crippen molar-refractivity contribution >= 4 is 22.4 Å². The van der Waals surface area contributed by atoms with Gasteiger partial charge in [0.25, 0.3) is 5.56 Å². The zero-order chi connectivity index (χ0) is 20.5. The quantitative estimate of drug-likeness (QED) is 0.702. The van der Waals surface area contributed by atoms with Gasteiger partial charge >= 0.3 is 0 Å². The van der Waals surface area contributed by atoms with Crippen molar-refractivity contribution in [2.75, 3.05) is 42.9 Å². The molecule has 0 amide bonds. The van der Waals surface area contributed by atoms with Gasteiger partial charge < -0.3 is 15.2 Å². The highest BCUT2D eigenvalue weighted by Gasteiger charge is 2.21. The highest BCUT2D eigenvalue weighted by molar-refractivity contribution is 5.93. The van der Waals surface area contributed by atoms with Crippen LogP contribution in [0.15, 0.2) is 41.3 Å². The number of nitrogens with one attached hydrogen (secondary N) is 2. The van der Waals surface area contributed by atoms with Gasteiger partial charge in [-0.25, -0.2) is 4.98 Å². The van der Waals surface area contributed by atoms with Crippen molar-refractivity contribution in [2.24, 2.45) is 0 Å². The number of benzene rings is 1. The number of aromatic nitrogens is 2. The van der Waals surface area contributed by atoms with Crippen LogP contribution in [0.1, 0.15) is 23.1 Å². The Balaban J connectivity index is 1.31. The van der Waals surface area contributed by atoms with Gasteiger partial charge in [0, 0.05) is 56.4 Å². The Morgan fingerprint density at radius 2 is 2.03 bits per heavy atom. The van der Waals surface area contributed by atoms with Gasteiger partial charge in [0.05, 0.1) is 16.8 Å². The molecule has 0 radical (unpaired) electrons. The molecule has 2 aromatic heterocycles. The number of aromatic amines is 1. The summed E-state index contributed by atoms with van der Waals surface area (Å²) in [6, 6.07) is 12.2. The van der Waals surface area contributed by atoms with Crippen LogP contribution in [0.25, 0.3) is 10.9 Å². The van der Waals surface area contributed by atoms with E-state index in [1.54, 1.807) is 12.3 Å². The second-order valence-corrected chi connectivity index (χ2v) is 7.97. The molecule has 30 heavy (non-hydrogen) atoms. The first-order valence-corrected chi connectivity index (χ1v) is 10.5. The van der Waals surface area contributed by atoms with Crippen molar-refractivity contribution in [2.45, 2.75) is 19.4 Å². The van der Waals surface area contributed by atoms with Crippen LogP contribution in [0.2, 0.25) is 0 Å². The van der Waals surface area contributed by atoms with Gasteiger partial charge in [0.2, 0.25) is 0 Å². The minimum absolute atomic E-state index is 0.0270. The van der Waals surface area contributed by atoms with Gasteiger partial charge in [-0.15, -0.1) is 0 Å². The van der Waals surface area contributed by atoms with Crippen molar-refractivity contribution in [3.8, 4) is 6.07 Å². The average Bonchev–Trinajstić information content (AvgIpc) is 2.80. The molecule has 1 fully saturated rings. The molecule has 2 aliphatic rings. The number of fused-ring (bicyclic) bond motifs is 3. The Hall–Kier alpha value is -3.37. The number of pyridine rings is 2. The molecular formula is C23H24N6O. The van der Waals surface area contributed by atoms with E-state index in [4.69, 9.17) is 0 Å². The molecule has 0 saturated carbocycles. The SMILES string of the molecule is N#Cc1cccnc1N1CCN(Cc2ccc3c4c(c(=O)[nH]c3c2)CCCN4)CC1. The van der Waals surface area contributed by atoms with Crippen molar-refractivity contribution in [3.63, 3.8) is 0 Å². The third-order valence-corrected chi connectivity index (χ3v) is 6.07. The van der Waals surface area contributed by atoms with Gasteiger partial charge in [-0.05, 0) is 36.6 Å². The molecule has 1 saturated heterocycles. The van der Waals surface area contributed by atoms with Gasteiger partial charge in [-0.3, -0.25) is 9.69 Å². The third kappa shape index (κ3) is 3.40. The molecule has 7 nitrogen and oxygen atoms in total. The van der Waals surface area contributed by atoms with Gasteiger partial charge in [0.15, 0.2) is 0 Å². The van der Waals surface area contributed by atoms with Gasteiger partial charge in [-0.1, -0.05) is 12.1 Å². The molecule has 0 bridgehead atoms. The molecule has 5 rings (SSSR count). The summed E-state index contributed by atoms with van der Waals surface area (Å²) < 4.78 is 0. The summed E-state index contributed by atoms with van der Waals surface area (Å²) in [6.07, 6.45) is 3.58. The first-order valence-electron chi connectivity index (χ1n) is 10.5. The van der Waals surface area contributed by atoms with E-state index in [-0.39, 0.29) is 5.56 Å². The lowest BCUT2D eigenvalue weighted by Crippen LogP contribution is -2.46. The van der Waals surface area contributed by atoms with E-state index >= 15 is 0 Å². The van der Waals surface area contributed by atoms with Gasteiger partial charge in [-0.2, -0.15) is 5.26 Å². The second-order valence-electron chi connectivity index (χ2n) is 7.97. The van der Waals surface area contributed by atoms with E-state index in [9.17, 15) is 10.1 Å². The van der Waals surface area contributed by atoms with E-state index in [2.05, 4.69) is 49.4 Å². The van der Waals surface area contributed by atoms with Crippen LogP contribution in [0.4, 0.5) is 11.5 Å². The fourth-order valence-corrected chi connectivity index (χ4v) is 4.52. The standard InChI is InChI=1S/C23H24N6O/c24-14-17-3-1-8-26-22(17)29-11-9-28(10-12-29)15-16-5-6-18-20(13-16)27-23(30)19-4-2-7-25-21(18)19/h1,3,5-6,8,13,25H,2,4,7,9-12,15H2,(H,27,30). The maximum absolute atomic E-state index is 12.5. The van der Waals surface area contributed by atoms with Crippen LogP contribution in [-0.2, 0) is 13.0 Å². The maximum Gasteiger partial charge on any atom is 0.253 e. The molecule has 3 aromatic rings. The lowest BCUT2D eigenvalue weighted by atomic mass is 10.0. The first kappa shape index (κ1) is 18.6. The highest BCUT2D eigenvalue weighted by atomic mass is 16.1. The zero-order valence-electron chi connectivity index (χ0n) is 16.8. The Morgan fingerprint density at radius 3 is 2.87 bits per heavy atom. The van der Waals surface area contributed by atoms with Crippen LogP contribution < -0.4 is 15.8 Å². The average molecular weight is 400 g/mol. The topological polar surface area (TPSA) is 88.1 Å². The molecule has 0 spiro atoms. The first-order chi connectivity index (χ1) is 14.7. The van der Waals surface area contributed by atoms with E-state index < -0.39 is 0 Å². The summed E-state index contributed by atoms with van der Waals surface area (Å²) in [4.78, 5) is 24.5. The predicted molar refractivity (Wildman–Crippen MR) is 118 cm³/mol. The molecule has 7 heteroatoms. The van der Waals surface area contributed by atoms with Crippen LogP contribution >= 0.6 is 0 Å². The van der Waals surface area contributed by atoms with Crippen LogP contribution in [0, 0.1) is 11.3 Å². The molecule has 152 valence electrons. The number of anilines is 2. The van der Waals surface area contributed by atoms with E-state index in [1.807, 2.05) is 6.07 Å². The predicted octanol–water partition coefficient (Wildman–Crippen LogP) is 2.48. The minimum Gasteiger partial charge on any atom is -0.384 e. The monoisotopic (exact) mass is 400 g/mol. The van der Waals surface area contributed by atoms with E-state index in [0.29, 0.717) is 5.56 Å². The molecule has 4 heterocycles. The number of H-pyrrole nitrogens is 1. The number of hydrogen-bond donors (Lipinski definition) is 2. The van der Waals surface area contributed by atoms with Gasteiger partial charge in [0.1, 0.15) is 11.9 Å². The Bertz CT molecular complexity index is 1190. The van der Waals surface area contributed by atoms with Crippen LogP contribution in [-0.4, -0.2) is 47.6 Å². The summed E-state index contributed by atoms with van der Waals surface area (Å²) in [5.74, 6) is 0.778. The molecule has 0 atom stereocenters. The van der Waals surface area contributed by atoms with Crippen molar-refractivity contribution in [1.29, 1.82) is 5.26 Å². The molecule has 0 aliphatic carbocycles. The Kier molecular flexibility index (Phi) is 4.85. The Labute approximate surface area is 175 Å². The molecular weight excluding hydrogens is 376 g/mol. The fourth-order valence-electron chi connectivity index (χ4n) is 4.52. The van der Waals surface area contributed by atoms with Crippen LogP contribution in [0.3, 0.4) is 0 Å². The number of hydrogen-bond acceptors (Lipinski definition) is 6. The number of piperazine rings is 1.